The van der Waals surface area contributed by atoms with Gasteiger partial charge < -0.3 is 10.1 Å². The molecule has 1 aromatic rings. The number of ether oxygens (including phenoxy) is 1. The fourth-order valence-corrected chi connectivity index (χ4v) is 1.92. The van der Waals surface area contributed by atoms with E-state index in [0.717, 1.165) is 16.7 Å². The monoisotopic (exact) mass is 255 g/mol. The van der Waals surface area contributed by atoms with E-state index in [1.54, 1.807) is 7.11 Å². The third-order valence-electron chi connectivity index (χ3n) is 2.60. The second-order valence-corrected chi connectivity index (χ2v) is 4.36. The highest BCUT2D eigenvalue weighted by Gasteiger charge is 2.16. The van der Waals surface area contributed by atoms with Crippen molar-refractivity contribution in [2.45, 2.75) is 19.9 Å². The lowest BCUT2D eigenvalue weighted by Crippen LogP contribution is -2.39. The van der Waals surface area contributed by atoms with Crippen molar-refractivity contribution in [3.05, 3.63) is 34.9 Å². The third kappa shape index (κ3) is 3.72. The number of halogens is 1. The Morgan fingerprint density at radius 3 is 2.47 bits per heavy atom. The highest BCUT2D eigenvalue weighted by Crippen LogP contribution is 2.13. The smallest absolute Gasteiger partial charge is 0.252 e. The molecule has 0 radical (unpaired) electrons. The molecule has 0 saturated heterocycles. The Bertz CT molecular complexity index is 373. The van der Waals surface area contributed by atoms with Crippen LogP contribution in [0.1, 0.15) is 21.5 Å². The van der Waals surface area contributed by atoms with Crippen molar-refractivity contribution in [2.24, 2.45) is 0 Å². The van der Waals surface area contributed by atoms with Crippen molar-refractivity contribution >= 4 is 17.5 Å². The number of methoxy groups -OCH3 is 1. The Morgan fingerprint density at radius 1 is 1.41 bits per heavy atom. The maximum absolute atomic E-state index is 12.1. The normalized spacial score (nSPS) is 12.2. The van der Waals surface area contributed by atoms with Crippen LogP contribution in [0.15, 0.2) is 18.2 Å². The molecule has 0 fully saturated rings. The van der Waals surface area contributed by atoms with Crippen LogP contribution in [-0.2, 0) is 4.74 Å². The summed E-state index contributed by atoms with van der Waals surface area (Å²) in [4.78, 5) is 12.1. The van der Waals surface area contributed by atoms with Crippen molar-refractivity contribution in [2.75, 3.05) is 19.6 Å². The summed E-state index contributed by atoms with van der Waals surface area (Å²) in [6, 6.07) is 5.63. The largest absolute Gasteiger partial charge is 0.383 e. The van der Waals surface area contributed by atoms with E-state index in [1.807, 2.05) is 32.0 Å². The average molecular weight is 256 g/mol. The topological polar surface area (TPSA) is 38.3 Å². The molecule has 1 rings (SSSR count). The van der Waals surface area contributed by atoms with E-state index in [4.69, 9.17) is 16.3 Å². The molecule has 0 aliphatic rings. The van der Waals surface area contributed by atoms with Crippen LogP contribution in [0.25, 0.3) is 0 Å². The van der Waals surface area contributed by atoms with E-state index < -0.39 is 0 Å². The Hall–Kier alpha value is -1.06. The van der Waals surface area contributed by atoms with Crippen LogP contribution in [0.2, 0.25) is 0 Å². The Balaban J connectivity index is 2.82. The minimum absolute atomic E-state index is 0.0942. The van der Waals surface area contributed by atoms with Gasteiger partial charge in [-0.05, 0) is 25.0 Å². The molecule has 94 valence electrons. The van der Waals surface area contributed by atoms with E-state index in [0.29, 0.717) is 12.5 Å². The van der Waals surface area contributed by atoms with Gasteiger partial charge in [-0.2, -0.15) is 0 Å². The molecule has 0 aliphatic carbocycles. The molecule has 1 amide bonds. The lowest BCUT2D eigenvalue weighted by atomic mass is 10.0. The van der Waals surface area contributed by atoms with Gasteiger partial charge in [0.1, 0.15) is 0 Å². The van der Waals surface area contributed by atoms with E-state index in [-0.39, 0.29) is 11.9 Å². The number of hydrogen-bond donors (Lipinski definition) is 1. The van der Waals surface area contributed by atoms with Gasteiger partial charge in [0, 0.05) is 18.6 Å². The van der Waals surface area contributed by atoms with Crippen LogP contribution in [0.4, 0.5) is 0 Å². The fraction of sp³-hybridized carbons (Fsp3) is 0.462. The van der Waals surface area contributed by atoms with Crippen LogP contribution in [0, 0.1) is 13.8 Å². The molecule has 17 heavy (non-hydrogen) atoms. The zero-order valence-electron chi connectivity index (χ0n) is 10.4. The molecule has 0 aliphatic heterocycles. The van der Waals surface area contributed by atoms with Gasteiger partial charge in [0.15, 0.2) is 0 Å². The summed E-state index contributed by atoms with van der Waals surface area (Å²) in [5.41, 5.74) is 2.65. The van der Waals surface area contributed by atoms with E-state index in [2.05, 4.69) is 5.32 Å². The van der Waals surface area contributed by atoms with Gasteiger partial charge >= 0.3 is 0 Å². The van der Waals surface area contributed by atoms with Crippen LogP contribution >= 0.6 is 11.6 Å². The molecule has 1 aromatic carbocycles. The predicted octanol–water partition coefficient (Wildman–Crippen LogP) is 2.29. The first-order chi connectivity index (χ1) is 8.10. The molecule has 0 aromatic heterocycles. The molecular formula is C13H18ClNO2. The number of benzene rings is 1. The first-order valence-electron chi connectivity index (χ1n) is 5.52. The van der Waals surface area contributed by atoms with E-state index >= 15 is 0 Å². The maximum Gasteiger partial charge on any atom is 0.252 e. The number of rotatable bonds is 5. The predicted molar refractivity (Wildman–Crippen MR) is 69.8 cm³/mol. The fourth-order valence-electron chi connectivity index (χ4n) is 1.76. The number of amides is 1. The van der Waals surface area contributed by atoms with Gasteiger partial charge in [0.05, 0.1) is 12.6 Å². The Morgan fingerprint density at radius 2 is 2.00 bits per heavy atom. The molecule has 1 atom stereocenters. The summed E-state index contributed by atoms with van der Waals surface area (Å²) in [6.45, 7) is 4.27. The standard InChI is InChI=1S/C13H18ClNO2/c1-9-5-4-6-10(2)12(9)13(16)15-11(7-14)8-17-3/h4-6,11H,7-8H2,1-3H3,(H,15,16). The summed E-state index contributed by atoms with van der Waals surface area (Å²) < 4.78 is 4.99. The maximum atomic E-state index is 12.1. The number of carbonyl (C=O) groups is 1. The number of nitrogens with one attached hydrogen (secondary N) is 1. The van der Waals surface area contributed by atoms with Crippen LogP contribution < -0.4 is 5.32 Å². The molecule has 1 N–H and O–H groups in total. The van der Waals surface area contributed by atoms with Crippen molar-refractivity contribution in [1.82, 2.24) is 5.32 Å². The summed E-state index contributed by atoms with van der Waals surface area (Å²) in [7, 11) is 1.59. The molecule has 1 unspecified atom stereocenters. The van der Waals surface area contributed by atoms with E-state index in [9.17, 15) is 4.79 Å². The molecule has 0 saturated carbocycles. The van der Waals surface area contributed by atoms with Gasteiger partial charge in [-0.3, -0.25) is 4.79 Å². The zero-order chi connectivity index (χ0) is 12.8. The second kappa shape index (κ2) is 6.62. The average Bonchev–Trinajstić information content (AvgIpc) is 2.28. The number of hydrogen-bond acceptors (Lipinski definition) is 2. The molecule has 0 heterocycles. The van der Waals surface area contributed by atoms with Gasteiger partial charge in [-0.25, -0.2) is 0 Å². The lowest BCUT2D eigenvalue weighted by molar-refractivity contribution is 0.0905. The van der Waals surface area contributed by atoms with Crippen molar-refractivity contribution in [3.63, 3.8) is 0 Å². The highest BCUT2D eigenvalue weighted by atomic mass is 35.5. The number of carbonyl (C=O) groups excluding carboxylic acids is 1. The van der Waals surface area contributed by atoms with Crippen molar-refractivity contribution in [1.29, 1.82) is 0 Å². The molecule has 4 heteroatoms. The van der Waals surface area contributed by atoms with Gasteiger partial charge in [0.25, 0.3) is 5.91 Å². The lowest BCUT2D eigenvalue weighted by Gasteiger charge is -2.17. The minimum Gasteiger partial charge on any atom is -0.383 e. The summed E-state index contributed by atoms with van der Waals surface area (Å²) in [5.74, 6) is 0.244. The van der Waals surface area contributed by atoms with Crippen molar-refractivity contribution in [3.8, 4) is 0 Å². The molecular weight excluding hydrogens is 238 g/mol. The Labute approximate surface area is 107 Å². The van der Waals surface area contributed by atoms with Gasteiger partial charge in [-0.15, -0.1) is 11.6 Å². The highest BCUT2D eigenvalue weighted by molar-refractivity contribution is 6.18. The first-order valence-corrected chi connectivity index (χ1v) is 6.05. The van der Waals surface area contributed by atoms with Crippen LogP contribution in [0.5, 0.6) is 0 Å². The second-order valence-electron chi connectivity index (χ2n) is 4.05. The first kappa shape index (κ1) is 14.0. The van der Waals surface area contributed by atoms with E-state index in [1.165, 1.54) is 0 Å². The van der Waals surface area contributed by atoms with Crippen LogP contribution in [-0.4, -0.2) is 31.5 Å². The Kier molecular flexibility index (Phi) is 5.45. The molecule has 0 bridgehead atoms. The summed E-state index contributed by atoms with van der Waals surface area (Å²) in [5, 5.41) is 2.87. The van der Waals surface area contributed by atoms with Crippen LogP contribution in [0.3, 0.4) is 0 Å². The quantitative estimate of drug-likeness (QED) is 0.820. The summed E-state index contributed by atoms with van der Waals surface area (Å²) >= 11 is 5.76. The summed E-state index contributed by atoms with van der Waals surface area (Å²) in [6.07, 6.45) is 0. The number of alkyl halides is 1. The van der Waals surface area contributed by atoms with Crippen molar-refractivity contribution < 1.29 is 9.53 Å². The third-order valence-corrected chi connectivity index (χ3v) is 2.97. The zero-order valence-corrected chi connectivity index (χ0v) is 11.2. The molecule has 0 spiro atoms. The molecule has 3 nitrogen and oxygen atoms in total. The number of aryl methyl sites for hydroxylation is 2. The van der Waals surface area contributed by atoms with Gasteiger partial charge in [0.2, 0.25) is 0 Å². The van der Waals surface area contributed by atoms with Gasteiger partial charge in [-0.1, -0.05) is 18.2 Å². The SMILES string of the molecule is COCC(CCl)NC(=O)c1c(C)cccc1C. The minimum atomic E-state index is -0.159.